The zero-order valence-electron chi connectivity index (χ0n) is 24.5. The Morgan fingerprint density at radius 3 is 2.66 bits per heavy atom. The van der Waals surface area contributed by atoms with E-state index in [1.54, 1.807) is 35.7 Å². The molecule has 3 aliphatic rings. The van der Waals surface area contributed by atoms with Crippen molar-refractivity contribution in [3.05, 3.63) is 105 Å². The van der Waals surface area contributed by atoms with E-state index >= 15 is 0 Å². The second-order valence-corrected chi connectivity index (χ2v) is 12.0. The van der Waals surface area contributed by atoms with Crippen LogP contribution in [-0.4, -0.2) is 61.2 Å². The molecule has 0 saturated carbocycles. The molecule has 4 aromatic rings. The number of hydrogen-bond donors (Lipinski definition) is 4. The van der Waals surface area contributed by atoms with Crippen LogP contribution in [0.15, 0.2) is 66.2 Å². The van der Waals surface area contributed by atoms with E-state index in [4.69, 9.17) is 0 Å². The maximum Gasteiger partial charge on any atom is 0.342 e. The Bertz CT molecular complexity index is 1970. The number of rotatable bonds is 8. The monoisotopic (exact) mass is 655 g/mol. The highest BCUT2D eigenvalue weighted by atomic mass is 32.1. The number of aromatic hydroxyl groups is 1. The van der Waals surface area contributed by atoms with Crippen LogP contribution in [0.1, 0.15) is 55.4 Å². The van der Waals surface area contributed by atoms with Crippen LogP contribution in [0.5, 0.6) is 5.75 Å². The van der Waals surface area contributed by atoms with E-state index in [1.165, 1.54) is 32.5 Å². The molecule has 7 rings (SSSR count). The van der Waals surface area contributed by atoms with Gasteiger partial charge in [-0.05, 0) is 47.0 Å². The van der Waals surface area contributed by atoms with E-state index in [2.05, 4.69) is 20.9 Å². The summed E-state index contributed by atoms with van der Waals surface area (Å²) in [5.41, 5.74) is 3.38. The van der Waals surface area contributed by atoms with Crippen LogP contribution in [0.2, 0.25) is 0 Å². The van der Waals surface area contributed by atoms with Crippen molar-refractivity contribution in [1.82, 2.24) is 25.2 Å². The Labute approximate surface area is 270 Å². The summed E-state index contributed by atoms with van der Waals surface area (Å²) in [5, 5.41) is 23.3. The highest BCUT2D eigenvalue weighted by Gasteiger charge is 2.41. The molecular formula is C32H26FN7O6S. The number of anilines is 2. The van der Waals surface area contributed by atoms with Gasteiger partial charge in [0.1, 0.15) is 17.6 Å². The zero-order chi connectivity index (χ0) is 32.8. The molecule has 0 spiro atoms. The lowest BCUT2D eigenvalue weighted by Crippen LogP contribution is -2.56. The third-order valence-corrected chi connectivity index (χ3v) is 8.92. The molecule has 6 amide bonds. The zero-order valence-corrected chi connectivity index (χ0v) is 25.3. The van der Waals surface area contributed by atoms with Crippen LogP contribution >= 0.6 is 11.3 Å². The lowest BCUT2D eigenvalue weighted by molar-refractivity contribution is -0.123. The fourth-order valence-electron chi connectivity index (χ4n) is 6.04. The van der Waals surface area contributed by atoms with Crippen molar-refractivity contribution in [2.75, 3.05) is 17.2 Å². The van der Waals surface area contributed by atoms with E-state index in [9.17, 15) is 33.5 Å². The highest BCUT2D eigenvalue weighted by molar-refractivity contribution is 7.13. The number of thiazole rings is 1. The normalized spacial score (nSPS) is 16.2. The van der Waals surface area contributed by atoms with Crippen molar-refractivity contribution in [3.8, 4) is 5.75 Å². The number of amides is 6. The van der Waals surface area contributed by atoms with Crippen LogP contribution in [0.3, 0.4) is 0 Å². The number of fused-ring (bicyclic) bond motifs is 2. The molecule has 4 N–H and O–H groups in total. The summed E-state index contributed by atoms with van der Waals surface area (Å²) in [7, 11) is 0. The molecule has 13 nitrogen and oxygen atoms in total. The molecule has 0 radical (unpaired) electrons. The molecule has 3 aliphatic heterocycles. The van der Waals surface area contributed by atoms with Gasteiger partial charge in [-0.15, -0.1) is 11.3 Å². The summed E-state index contributed by atoms with van der Waals surface area (Å²) < 4.78 is 14.4. The Kier molecular flexibility index (Phi) is 7.52. The topological polar surface area (TPSA) is 164 Å². The second kappa shape index (κ2) is 11.8. The molecule has 0 aliphatic carbocycles. The van der Waals surface area contributed by atoms with Crippen molar-refractivity contribution < 1.29 is 33.5 Å². The van der Waals surface area contributed by atoms with E-state index in [0.717, 1.165) is 23.8 Å². The quantitative estimate of drug-likeness (QED) is 0.223. The number of carbonyl (C=O) groups is 5. The molecule has 4 heterocycles. The summed E-state index contributed by atoms with van der Waals surface area (Å²) in [6.07, 6.45) is 1.61. The largest absolute Gasteiger partial charge is 0.508 e. The Morgan fingerprint density at radius 2 is 1.87 bits per heavy atom. The first-order valence-corrected chi connectivity index (χ1v) is 15.5. The third kappa shape index (κ3) is 5.50. The van der Waals surface area contributed by atoms with E-state index in [0.29, 0.717) is 27.9 Å². The van der Waals surface area contributed by atoms with Crippen LogP contribution in [-0.2, 0) is 29.2 Å². The molecule has 1 aromatic heterocycles. The number of nitrogens with one attached hydrogen (secondary N) is 3. The molecule has 15 heteroatoms. The molecule has 238 valence electrons. The Hall–Kier alpha value is -5.83. The lowest BCUT2D eigenvalue weighted by atomic mass is 10.0. The van der Waals surface area contributed by atoms with Gasteiger partial charge in [0.25, 0.3) is 17.7 Å². The number of phenols is 1. The Morgan fingerprint density at radius 1 is 1.02 bits per heavy atom. The highest BCUT2D eigenvalue weighted by Crippen LogP contribution is 2.39. The number of benzene rings is 3. The SMILES string of the molecule is O=C1CCN(N2Cc3cc(CNc4cccc5c4C(=O)N(C(C(=O)Nc4nccs4)c4cc(F)ccc4O)C5)ccc3C2=O)C(=O)N1. The van der Waals surface area contributed by atoms with Gasteiger partial charge < -0.3 is 15.3 Å². The standard InChI is InChI=1S/C32H26FN7O6S/c33-20-5-7-24(41)22(13-20)27(28(43)37-31-34-9-11-47-31)38-15-18-2-1-3-23(26(18)30(38)45)35-14-17-4-6-21-19(12-17)16-40(29(21)44)39-10-8-25(42)36-32(39)46/h1-7,9,11-13,27,35,41H,8,10,14-16H2,(H,34,37,43)(H,36,42,46). The summed E-state index contributed by atoms with van der Waals surface area (Å²) in [5.74, 6) is -2.89. The maximum absolute atomic E-state index is 14.4. The average Bonchev–Trinajstić information content (AvgIpc) is 3.76. The summed E-state index contributed by atoms with van der Waals surface area (Å²) in [6, 6.07) is 11.8. The number of hydrazine groups is 1. The predicted molar refractivity (Wildman–Crippen MR) is 166 cm³/mol. The van der Waals surface area contributed by atoms with Gasteiger partial charge in [-0.2, -0.15) is 0 Å². The lowest BCUT2D eigenvalue weighted by Gasteiger charge is -2.33. The number of carbonyl (C=O) groups excluding carboxylic acids is 5. The second-order valence-electron chi connectivity index (χ2n) is 11.1. The van der Waals surface area contributed by atoms with Gasteiger partial charge in [-0.3, -0.25) is 29.8 Å². The predicted octanol–water partition coefficient (Wildman–Crippen LogP) is 3.75. The van der Waals surface area contributed by atoms with E-state index in [-0.39, 0.29) is 60.9 Å². The van der Waals surface area contributed by atoms with Gasteiger partial charge >= 0.3 is 6.03 Å². The summed E-state index contributed by atoms with van der Waals surface area (Å²) in [6.45, 7) is 0.578. The molecule has 1 unspecified atom stereocenters. The first-order chi connectivity index (χ1) is 22.7. The van der Waals surface area contributed by atoms with Gasteiger partial charge in [-0.25, -0.2) is 24.2 Å². The average molecular weight is 656 g/mol. The minimum absolute atomic E-state index is 0.0298. The molecular weight excluding hydrogens is 629 g/mol. The maximum atomic E-state index is 14.4. The van der Waals surface area contributed by atoms with Gasteiger partial charge in [-0.1, -0.05) is 24.3 Å². The number of urea groups is 1. The van der Waals surface area contributed by atoms with Crippen molar-refractivity contribution in [2.24, 2.45) is 0 Å². The van der Waals surface area contributed by atoms with Gasteiger partial charge in [0.15, 0.2) is 5.13 Å². The minimum Gasteiger partial charge on any atom is -0.508 e. The number of imide groups is 1. The van der Waals surface area contributed by atoms with Crippen molar-refractivity contribution in [2.45, 2.75) is 32.1 Å². The van der Waals surface area contributed by atoms with Crippen LogP contribution in [0.4, 0.5) is 20.0 Å². The van der Waals surface area contributed by atoms with Gasteiger partial charge in [0.2, 0.25) is 5.91 Å². The number of halogens is 1. The number of aromatic nitrogens is 1. The van der Waals surface area contributed by atoms with Crippen molar-refractivity contribution in [3.63, 3.8) is 0 Å². The fourth-order valence-corrected chi connectivity index (χ4v) is 6.57. The first kappa shape index (κ1) is 29.9. The number of phenolic OH excluding ortho intramolecular Hbond substituents is 1. The summed E-state index contributed by atoms with van der Waals surface area (Å²) >= 11 is 1.18. The van der Waals surface area contributed by atoms with Crippen molar-refractivity contribution in [1.29, 1.82) is 0 Å². The van der Waals surface area contributed by atoms with E-state index in [1.807, 2.05) is 6.07 Å². The Balaban J connectivity index is 1.11. The molecule has 0 bridgehead atoms. The van der Waals surface area contributed by atoms with Gasteiger partial charge in [0.05, 0.1) is 18.7 Å². The smallest absolute Gasteiger partial charge is 0.342 e. The van der Waals surface area contributed by atoms with Crippen LogP contribution < -0.4 is 16.0 Å². The number of nitrogens with zero attached hydrogens (tertiary/aromatic N) is 4. The first-order valence-electron chi connectivity index (χ1n) is 14.6. The molecule has 1 saturated heterocycles. The molecule has 3 aromatic carbocycles. The third-order valence-electron chi connectivity index (χ3n) is 8.23. The fraction of sp³-hybridized carbons (Fsp3) is 0.188. The van der Waals surface area contributed by atoms with Crippen molar-refractivity contribution >= 4 is 51.8 Å². The molecule has 1 atom stereocenters. The minimum atomic E-state index is -1.36. The number of hydrogen-bond acceptors (Lipinski definition) is 9. The summed E-state index contributed by atoms with van der Waals surface area (Å²) in [4.78, 5) is 69.8. The van der Waals surface area contributed by atoms with Crippen LogP contribution in [0.25, 0.3) is 0 Å². The van der Waals surface area contributed by atoms with Crippen LogP contribution in [0, 0.1) is 5.82 Å². The van der Waals surface area contributed by atoms with Gasteiger partial charge in [0, 0.05) is 47.9 Å². The molecule has 1 fully saturated rings. The van der Waals surface area contributed by atoms with E-state index < -0.39 is 29.7 Å². The molecule has 47 heavy (non-hydrogen) atoms.